The highest BCUT2D eigenvalue weighted by molar-refractivity contribution is 7.47. The van der Waals surface area contributed by atoms with Crippen molar-refractivity contribution in [3.05, 3.63) is 97.2 Å². The van der Waals surface area contributed by atoms with E-state index < -0.39 is 97.5 Å². The van der Waals surface area contributed by atoms with E-state index in [0.29, 0.717) is 32.1 Å². The number of unbranched alkanes of at least 4 members (excludes halogenated alkanes) is 28. The molecule has 0 aliphatic carbocycles. The van der Waals surface area contributed by atoms with Gasteiger partial charge in [-0.25, -0.2) is 9.13 Å². The summed E-state index contributed by atoms with van der Waals surface area (Å²) < 4.78 is 68.3. The normalized spacial score (nSPS) is 14.5. The number of aliphatic hydroxyl groups is 1. The summed E-state index contributed by atoms with van der Waals surface area (Å²) in [4.78, 5) is 72.7. The number of aliphatic hydroxyl groups excluding tert-OH is 1. The molecule has 3 N–H and O–H groups in total. The molecular weight excluding hydrogens is 1260 g/mol. The average molecular weight is 1390 g/mol. The number of carbonyl (C=O) groups is 4. The molecular formula is C77H134O17P2. The summed E-state index contributed by atoms with van der Waals surface area (Å²) in [6.07, 6.45) is 71.3. The maximum Gasteiger partial charge on any atom is 0.472 e. The number of hydrogen-bond donors (Lipinski definition) is 3. The van der Waals surface area contributed by atoms with Crippen LogP contribution in [0, 0.1) is 0 Å². The quantitative estimate of drug-likeness (QED) is 0.0169. The summed E-state index contributed by atoms with van der Waals surface area (Å²) in [6.45, 7) is 4.58. The van der Waals surface area contributed by atoms with Crippen LogP contribution in [0.1, 0.15) is 310 Å². The van der Waals surface area contributed by atoms with Crippen LogP contribution < -0.4 is 0 Å². The molecule has 0 rings (SSSR count). The van der Waals surface area contributed by atoms with Crippen molar-refractivity contribution in [3.63, 3.8) is 0 Å². The van der Waals surface area contributed by atoms with Crippen LogP contribution in [0.4, 0.5) is 0 Å². The molecule has 17 nitrogen and oxygen atoms in total. The fraction of sp³-hybridized carbons (Fsp3) is 0.740. The van der Waals surface area contributed by atoms with E-state index in [1.807, 2.05) is 12.2 Å². The Bertz CT molecular complexity index is 2200. The van der Waals surface area contributed by atoms with E-state index >= 15 is 0 Å². The first-order valence-electron chi connectivity index (χ1n) is 37.5. The van der Waals surface area contributed by atoms with Crippen molar-refractivity contribution in [1.82, 2.24) is 0 Å². The Labute approximate surface area is 582 Å². The molecule has 0 aromatic rings. The standard InChI is InChI=1S/C77H134O17P2/c1-5-9-13-17-21-25-29-32-34-35-37-40-43-46-50-54-58-62-75(80)87-67-72(93-76(81)63-59-55-51-47-41-28-24-20-16-12-8-4)69-91-95(83,84)89-65-71(78)66-90-96(85,86)92-70-73(94-77(82)64-60-56-52-48-44-38-31-27-23-19-15-11-7-3)68-88-74(79)61-57-53-49-45-42-39-36-33-30-26-22-18-14-10-6-2/h9,13,15,19-21,24-25,27,31-32,34,37,40,46,50,71-73,78H,5-8,10-12,14,16-18,22-23,26,28-30,33,35-36,38-39,41-45,47-49,51-70H2,1-4H3,(H,83,84)(H,85,86)/b13-9-,19-15-,24-20-,25-21-,31-27-,34-32-,40-37-,50-46-. The molecule has 5 atom stereocenters. The Kier molecular flexibility index (Phi) is 66.6. The number of phosphoric acid groups is 2. The highest BCUT2D eigenvalue weighted by Crippen LogP contribution is 2.45. The Balaban J connectivity index is 5.35. The number of carbonyl (C=O) groups excluding carboxylic acids is 4. The van der Waals surface area contributed by atoms with Gasteiger partial charge in [-0.1, -0.05) is 273 Å². The smallest absolute Gasteiger partial charge is 0.462 e. The molecule has 0 aliphatic rings. The average Bonchev–Trinajstić information content (AvgIpc) is 1.13. The zero-order valence-corrected chi connectivity index (χ0v) is 62.1. The van der Waals surface area contributed by atoms with Gasteiger partial charge in [-0.2, -0.15) is 0 Å². The monoisotopic (exact) mass is 1390 g/mol. The lowest BCUT2D eigenvalue weighted by atomic mass is 10.0. The maximum atomic E-state index is 13.1. The second-order valence-corrected chi connectivity index (χ2v) is 27.8. The van der Waals surface area contributed by atoms with Gasteiger partial charge in [0.1, 0.15) is 19.3 Å². The summed E-state index contributed by atoms with van der Waals surface area (Å²) in [7, 11) is -9.96. The van der Waals surface area contributed by atoms with E-state index in [0.717, 1.165) is 141 Å². The van der Waals surface area contributed by atoms with Crippen LogP contribution in [0.15, 0.2) is 97.2 Å². The SMILES string of the molecule is CC/C=C\C/C=C\C/C=C\C/C=C\C/C=C\CCCC(=O)OCC(COP(=O)(O)OCC(O)COP(=O)(O)OCC(COC(=O)CCCCCCCCCCCCCCCCC)OC(=O)CCCCCCC/C=C\C/C=C\CCC)OC(=O)CCCCCCC/C=C\CCCC. The number of hydrogen-bond acceptors (Lipinski definition) is 15. The van der Waals surface area contributed by atoms with Gasteiger partial charge in [0.25, 0.3) is 0 Å². The molecule has 0 saturated carbocycles. The second kappa shape index (κ2) is 69.5. The third-order valence-electron chi connectivity index (χ3n) is 15.5. The van der Waals surface area contributed by atoms with Gasteiger partial charge < -0.3 is 33.8 Å². The third-order valence-corrected chi connectivity index (χ3v) is 17.4. The predicted octanol–water partition coefficient (Wildman–Crippen LogP) is 21.2. The van der Waals surface area contributed by atoms with Gasteiger partial charge in [-0.05, 0) is 109 Å². The van der Waals surface area contributed by atoms with E-state index in [4.69, 9.17) is 37.0 Å². The van der Waals surface area contributed by atoms with E-state index in [-0.39, 0.29) is 25.7 Å². The van der Waals surface area contributed by atoms with Crippen molar-refractivity contribution in [2.24, 2.45) is 0 Å². The number of phosphoric ester groups is 2. The Hall–Kier alpha value is -4.02. The summed E-state index contributed by atoms with van der Waals surface area (Å²) in [6, 6.07) is 0. The fourth-order valence-electron chi connectivity index (χ4n) is 9.80. The van der Waals surface area contributed by atoms with E-state index in [9.17, 15) is 43.2 Å². The summed E-state index contributed by atoms with van der Waals surface area (Å²) in [5.74, 6) is -2.26. The molecule has 0 amide bonds. The van der Waals surface area contributed by atoms with Crippen molar-refractivity contribution in [1.29, 1.82) is 0 Å². The summed E-state index contributed by atoms with van der Waals surface area (Å²) in [5.41, 5.74) is 0. The molecule has 0 aromatic carbocycles. The van der Waals surface area contributed by atoms with Crippen LogP contribution in [0.25, 0.3) is 0 Å². The molecule has 554 valence electrons. The predicted molar refractivity (Wildman–Crippen MR) is 390 cm³/mol. The first-order valence-corrected chi connectivity index (χ1v) is 40.5. The summed E-state index contributed by atoms with van der Waals surface area (Å²) in [5, 5.41) is 10.6. The highest BCUT2D eigenvalue weighted by atomic mass is 31.2. The van der Waals surface area contributed by atoms with Gasteiger partial charge in [0.2, 0.25) is 0 Å². The zero-order valence-electron chi connectivity index (χ0n) is 60.3. The molecule has 19 heteroatoms. The minimum Gasteiger partial charge on any atom is -0.462 e. The lowest BCUT2D eigenvalue weighted by Crippen LogP contribution is -2.30. The van der Waals surface area contributed by atoms with Gasteiger partial charge in [0.05, 0.1) is 26.4 Å². The molecule has 0 aliphatic heterocycles. The second-order valence-electron chi connectivity index (χ2n) is 24.9. The lowest BCUT2D eigenvalue weighted by Gasteiger charge is -2.21. The molecule has 0 heterocycles. The van der Waals surface area contributed by atoms with Crippen molar-refractivity contribution < 1.29 is 80.2 Å². The van der Waals surface area contributed by atoms with Crippen LogP contribution in [-0.4, -0.2) is 96.7 Å². The molecule has 0 bridgehead atoms. The molecule has 5 unspecified atom stereocenters. The van der Waals surface area contributed by atoms with E-state index in [2.05, 4.69) is 113 Å². The van der Waals surface area contributed by atoms with Gasteiger partial charge in [-0.15, -0.1) is 0 Å². The highest BCUT2D eigenvalue weighted by Gasteiger charge is 2.30. The minimum atomic E-state index is -4.98. The van der Waals surface area contributed by atoms with Gasteiger partial charge >= 0.3 is 39.5 Å². The van der Waals surface area contributed by atoms with Crippen LogP contribution in [-0.2, 0) is 65.4 Å². The largest absolute Gasteiger partial charge is 0.472 e. The first kappa shape index (κ1) is 92.0. The van der Waals surface area contributed by atoms with Gasteiger partial charge in [0, 0.05) is 25.7 Å². The van der Waals surface area contributed by atoms with Crippen molar-refractivity contribution in [2.45, 2.75) is 329 Å². The fourth-order valence-corrected chi connectivity index (χ4v) is 11.4. The van der Waals surface area contributed by atoms with Crippen LogP contribution >= 0.6 is 15.6 Å². The van der Waals surface area contributed by atoms with E-state index in [1.165, 1.54) is 83.5 Å². The Morgan fingerprint density at radius 2 is 0.583 bits per heavy atom. The topological polar surface area (TPSA) is 237 Å². The first-order chi connectivity index (χ1) is 46.7. The molecule has 0 fully saturated rings. The number of rotatable bonds is 70. The lowest BCUT2D eigenvalue weighted by molar-refractivity contribution is -0.161. The van der Waals surface area contributed by atoms with Crippen molar-refractivity contribution in [2.75, 3.05) is 39.6 Å². The van der Waals surface area contributed by atoms with Crippen LogP contribution in [0.5, 0.6) is 0 Å². The third kappa shape index (κ3) is 68.5. The Morgan fingerprint density at radius 3 is 0.958 bits per heavy atom. The van der Waals surface area contributed by atoms with Crippen LogP contribution in [0.3, 0.4) is 0 Å². The number of allylic oxidation sites excluding steroid dienone is 16. The molecule has 0 spiro atoms. The molecule has 0 aromatic heterocycles. The summed E-state index contributed by atoms with van der Waals surface area (Å²) >= 11 is 0. The van der Waals surface area contributed by atoms with Crippen molar-refractivity contribution >= 4 is 39.5 Å². The molecule has 96 heavy (non-hydrogen) atoms. The molecule has 0 radical (unpaired) electrons. The maximum absolute atomic E-state index is 13.1. The molecule has 0 saturated heterocycles. The van der Waals surface area contributed by atoms with Gasteiger partial charge in [0.15, 0.2) is 12.2 Å². The zero-order chi connectivity index (χ0) is 70.4. The van der Waals surface area contributed by atoms with Gasteiger partial charge in [-0.3, -0.25) is 37.3 Å². The number of esters is 4. The minimum absolute atomic E-state index is 0.0718. The number of ether oxygens (including phenoxy) is 4. The van der Waals surface area contributed by atoms with Crippen LogP contribution in [0.2, 0.25) is 0 Å². The van der Waals surface area contributed by atoms with E-state index in [1.54, 1.807) is 0 Å². The van der Waals surface area contributed by atoms with Crippen molar-refractivity contribution in [3.8, 4) is 0 Å². The Morgan fingerprint density at radius 1 is 0.302 bits per heavy atom.